The van der Waals surface area contributed by atoms with Gasteiger partial charge in [0.15, 0.2) is 0 Å². The molecular formula is C23H25N3O3. The Kier molecular flexibility index (Phi) is 7.16. The second-order valence-corrected chi connectivity index (χ2v) is 6.58. The third kappa shape index (κ3) is 5.78. The minimum absolute atomic E-state index is 0.0737. The van der Waals surface area contributed by atoms with Crippen LogP contribution in [0.5, 0.6) is 17.4 Å². The third-order valence-electron chi connectivity index (χ3n) is 4.41. The molecule has 29 heavy (non-hydrogen) atoms. The van der Waals surface area contributed by atoms with E-state index in [1.54, 1.807) is 31.4 Å². The molecular weight excluding hydrogens is 366 g/mol. The Bertz CT molecular complexity index is 925. The molecule has 0 fully saturated rings. The summed E-state index contributed by atoms with van der Waals surface area (Å²) in [5.74, 6) is 1.72. The number of nitrogens with one attached hydrogen (secondary N) is 1. The summed E-state index contributed by atoms with van der Waals surface area (Å²) in [6.07, 6.45) is 3.23. The van der Waals surface area contributed by atoms with Crippen LogP contribution in [0.15, 0.2) is 60.7 Å². The molecule has 1 aromatic heterocycles. The molecule has 0 radical (unpaired) electrons. The number of hydrogen-bond acceptors (Lipinski definition) is 5. The monoisotopic (exact) mass is 391 g/mol. The number of carbonyl (C=O) groups is 1. The summed E-state index contributed by atoms with van der Waals surface area (Å²) >= 11 is 0. The van der Waals surface area contributed by atoms with Crippen LogP contribution in [-0.2, 0) is 0 Å². The highest BCUT2D eigenvalue weighted by Crippen LogP contribution is 2.24. The van der Waals surface area contributed by atoms with Crippen LogP contribution in [0.25, 0.3) is 11.3 Å². The first kappa shape index (κ1) is 20.3. The molecule has 0 spiro atoms. The summed E-state index contributed by atoms with van der Waals surface area (Å²) in [4.78, 5) is 12.3. The Labute approximate surface area is 170 Å². The normalized spacial score (nSPS) is 10.4. The SMILES string of the molecule is CCCCCNC(=O)c1cccc(-c2ccc(Oc3ccc(OC)cc3)nn2)c1. The molecule has 1 heterocycles. The zero-order valence-electron chi connectivity index (χ0n) is 16.7. The highest BCUT2D eigenvalue weighted by Gasteiger charge is 2.08. The summed E-state index contributed by atoms with van der Waals surface area (Å²) in [6, 6.07) is 18.2. The van der Waals surface area contributed by atoms with Crippen molar-refractivity contribution >= 4 is 5.91 Å². The molecule has 3 aromatic rings. The van der Waals surface area contributed by atoms with Crippen LogP contribution >= 0.6 is 0 Å². The fourth-order valence-electron chi connectivity index (χ4n) is 2.79. The van der Waals surface area contributed by atoms with E-state index in [4.69, 9.17) is 9.47 Å². The molecule has 0 unspecified atom stereocenters. The Hall–Kier alpha value is -3.41. The van der Waals surface area contributed by atoms with Crippen molar-refractivity contribution in [2.45, 2.75) is 26.2 Å². The maximum Gasteiger partial charge on any atom is 0.251 e. The average Bonchev–Trinajstić information content (AvgIpc) is 2.78. The first-order chi connectivity index (χ1) is 14.2. The summed E-state index contributed by atoms with van der Waals surface area (Å²) in [5, 5.41) is 11.3. The van der Waals surface area contributed by atoms with Gasteiger partial charge in [-0.1, -0.05) is 31.9 Å². The third-order valence-corrected chi connectivity index (χ3v) is 4.41. The minimum Gasteiger partial charge on any atom is -0.497 e. The van der Waals surface area contributed by atoms with Crippen molar-refractivity contribution in [3.63, 3.8) is 0 Å². The van der Waals surface area contributed by atoms with Gasteiger partial charge in [0.1, 0.15) is 11.5 Å². The summed E-state index contributed by atoms with van der Waals surface area (Å²) in [5.41, 5.74) is 2.11. The average molecular weight is 391 g/mol. The van der Waals surface area contributed by atoms with Crippen molar-refractivity contribution in [1.29, 1.82) is 0 Å². The Morgan fingerprint density at radius 1 is 0.966 bits per heavy atom. The van der Waals surface area contributed by atoms with E-state index in [0.717, 1.165) is 30.6 Å². The quantitative estimate of drug-likeness (QED) is 0.527. The van der Waals surface area contributed by atoms with E-state index < -0.39 is 0 Å². The fraction of sp³-hybridized carbons (Fsp3) is 0.261. The molecule has 0 aliphatic heterocycles. The molecule has 6 heteroatoms. The predicted octanol–water partition coefficient (Wildman–Crippen LogP) is 4.86. The highest BCUT2D eigenvalue weighted by molar-refractivity contribution is 5.95. The maximum absolute atomic E-state index is 12.3. The lowest BCUT2D eigenvalue weighted by molar-refractivity contribution is 0.0953. The largest absolute Gasteiger partial charge is 0.497 e. The van der Waals surface area contributed by atoms with Gasteiger partial charge in [0.25, 0.3) is 5.91 Å². The molecule has 0 saturated heterocycles. The van der Waals surface area contributed by atoms with E-state index in [1.165, 1.54) is 0 Å². The van der Waals surface area contributed by atoms with Gasteiger partial charge in [-0.25, -0.2) is 0 Å². The number of unbranched alkanes of at least 4 members (excludes halogenated alkanes) is 2. The van der Waals surface area contributed by atoms with Gasteiger partial charge in [-0.15, -0.1) is 10.2 Å². The summed E-state index contributed by atoms with van der Waals surface area (Å²) in [7, 11) is 1.62. The van der Waals surface area contributed by atoms with Gasteiger partial charge in [-0.3, -0.25) is 4.79 Å². The summed E-state index contributed by atoms with van der Waals surface area (Å²) < 4.78 is 10.8. The Morgan fingerprint density at radius 3 is 2.45 bits per heavy atom. The van der Waals surface area contributed by atoms with Crippen molar-refractivity contribution in [1.82, 2.24) is 15.5 Å². The second kappa shape index (κ2) is 10.2. The molecule has 0 bridgehead atoms. The van der Waals surface area contributed by atoms with Crippen LogP contribution in [0.3, 0.4) is 0 Å². The van der Waals surface area contributed by atoms with Crippen LogP contribution in [0.2, 0.25) is 0 Å². The van der Waals surface area contributed by atoms with E-state index in [-0.39, 0.29) is 5.91 Å². The molecule has 0 aliphatic rings. The van der Waals surface area contributed by atoms with Crippen molar-refractivity contribution in [3.8, 4) is 28.6 Å². The van der Waals surface area contributed by atoms with Gasteiger partial charge in [0.05, 0.1) is 12.8 Å². The molecule has 3 rings (SSSR count). The number of hydrogen-bond donors (Lipinski definition) is 1. The number of methoxy groups -OCH3 is 1. The Balaban J connectivity index is 1.65. The maximum atomic E-state index is 12.3. The van der Waals surface area contributed by atoms with E-state index in [1.807, 2.05) is 36.4 Å². The summed E-state index contributed by atoms with van der Waals surface area (Å²) in [6.45, 7) is 2.83. The van der Waals surface area contributed by atoms with Gasteiger partial charge in [-0.05, 0) is 48.9 Å². The van der Waals surface area contributed by atoms with E-state index in [2.05, 4.69) is 22.4 Å². The second-order valence-electron chi connectivity index (χ2n) is 6.58. The van der Waals surface area contributed by atoms with Gasteiger partial charge >= 0.3 is 0 Å². The molecule has 1 amide bonds. The zero-order valence-corrected chi connectivity index (χ0v) is 16.7. The predicted molar refractivity (Wildman–Crippen MR) is 112 cm³/mol. The molecule has 2 aromatic carbocycles. The van der Waals surface area contributed by atoms with Gasteiger partial charge < -0.3 is 14.8 Å². The number of carbonyl (C=O) groups excluding carboxylic acids is 1. The Morgan fingerprint density at radius 2 is 1.76 bits per heavy atom. The number of rotatable bonds is 9. The standard InChI is InChI=1S/C23H25N3O3/c1-3-4-5-15-24-23(27)18-8-6-7-17(16-18)21-13-14-22(26-25-21)29-20-11-9-19(28-2)10-12-20/h6-14,16H,3-5,15H2,1-2H3,(H,24,27). The van der Waals surface area contributed by atoms with Gasteiger partial charge in [0, 0.05) is 23.7 Å². The first-order valence-electron chi connectivity index (χ1n) is 9.74. The van der Waals surface area contributed by atoms with Crippen molar-refractivity contribution in [3.05, 3.63) is 66.2 Å². The van der Waals surface area contributed by atoms with Gasteiger partial charge in [0.2, 0.25) is 5.88 Å². The van der Waals surface area contributed by atoms with Crippen LogP contribution in [0, 0.1) is 0 Å². The highest BCUT2D eigenvalue weighted by atomic mass is 16.5. The van der Waals surface area contributed by atoms with Crippen LogP contribution in [0.4, 0.5) is 0 Å². The molecule has 0 aliphatic carbocycles. The number of aromatic nitrogens is 2. The smallest absolute Gasteiger partial charge is 0.251 e. The number of benzene rings is 2. The van der Waals surface area contributed by atoms with Crippen LogP contribution < -0.4 is 14.8 Å². The topological polar surface area (TPSA) is 73.3 Å². The lowest BCUT2D eigenvalue weighted by Crippen LogP contribution is -2.24. The van der Waals surface area contributed by atoms with Crippen molar-refractivity contribution in [2.24, 2.45) is 0 Å². The van der Waals surface area contributed by atoms with E-state index in [9.17, 15) is 4.79 Å². The molecule has 150 valence electrons. The minimum atomic E-state index is -0.0737. The van der Waals surface area contributed by atoms with Crippen molar-refractivity contribution < 1.29 is 14.3 Å². The van der Waals surface area contributed by atoms with Crippen LogP contribution in [0.1, 0.15) is 36.5 Å². The van der Waals surface area contributed by atoms with Crippen LogP contribution in [-0.4, -0.2) is 29.8 Å². The van der Waals surface area contributed by atoms with Crippen molar-refractivity contribution in [2.75, 3.05) is 13.7 Å². The molecule has 1 N–H and O–H groups in total. The van der Waals surface area contributed by atoms with Gasteiger partial charge in [-0.2, -0.15) is 0 Å². The van der Waals surface area contributed by atoms with E-state index >= 15 is 0 Å². The van der Waals surface area contributed by atoms with E-state index in [0.29, 0.717) is 29.4 Å². The lowest BCUT2D eigenvalue weighted by atomic mass is 10.1. The molecule has 0 atom stereocenters. The zero-order chi connectivity index (χ0) is 20.5. The number of nitrogens with zero attached hydrogens (tertiary/aromatic N) is 2. The number of amides is 1. The lowest BCUT2D eigenvalue weighted by Gasteiger charge is -2.08. The number of ether oxygens (including phenoxy) is 2. The first-order valence-corrected chi connectivity index (χ1v) is 9.74. The molecule has 0 saturated carbocycles. The molecule has 6 nitrogen and oxygen atoms in total. The fourth-order valence-corrected chi connectivity index (χ4v) is 2.79.